The van der Waals surface area contributed by atoms with Crippen molar-refractivity contribution in [2.75, 3.05) is 13.2 Å². The van der Waals surface area contributed by atoms with Gasteiger partial charge in [0.25, 0.3) is 0 Å². The third-order valence-electron chi connectivity index (χ3n) is 1.79. The van der Waals surface area contributed by atoms with Crippen LogP contribution in [0.15, 0.2) is 0 Å². The standard InChI is InChI=1S/2C5H9O3.Ti/c2*1-3-8-5(7)4(2)6;/h2*4,6H,2-3H2,1H3;. The summed E-state index contributed by atoms with van der Waals surface area (Å²) in [6, 6.07) is 0. The van der Waals surface area contributed by atoms with Crippen LogP contribution in [0.2, 0.25) is 9.45 Å². The first-order valence-corrected chi connectivity index (χ1v) is 7.63. The maximum absolute atomic E-state index is 11.0. The van der Waals surface area contributed by atoms with E-state index in [9.17, 15) is 19.8 Å². The predicted octanol–water partition coefficient (Wildman–Crippen LogP) is -0.247. The molecule has 0 rings (SSSR count). The first kappa shape index (κ1) is 16.6. The molecule has 0 saturated heterocycles. The quantitative estimate of drug-likeness (QED) is 0.471. The van der Waals surface area contributed by atoms with Crippen LogP contribution >= 0.6 is 0 Å². The second kappa shape index (κ2) is 9.59. The SMILES string of the molecule is CCOC(=O)C(O)[CH2][Ti][CH2]C(O)C(=O)OCC. The Kier molecular flexibility index (Phi) is 9.35. The van der Waals surface area contributed by atoms with Crippen LogP contribution in [-0.2, 0) is 38.2 Å². The summed E-state index contributed by atoms with van der Waals surface area (Å²) in [4.78, 5) is 22.1. The van der Waals surface area contributed by atoms with Crippen molar-refractivity contribution < 1.29 is 48.4 Å². The van der Waals surface area contributed by atoms with Gasteiger partial charge in [0.15, 0.2) is 0 Å². The van der Waals surface area contributed by atoms with E-state index < -0.39 is 43.3 Å². The molecule has 0 aromatic carbocycles. The van der Waals surface area contributed by atoms with Crippen molar-refractivity contribution in [3.05, 3.63) is 0 Å². The molecule has 2 N–H and O–H groups in total. The molecule has 0 spiro atoms. The summed E-state index contributed by atoms with van der Waals surface area (Å²) in [6.45, 7) is 3.76. The maximum atomic E-state index is 11.0. The summed E-state index contributed by atoms with van der Waals surface area (Å²) in [7, 11) is 0. The van der Waals surface area contributed by atoms with E-state index in [1.807, 2.05) is 0 Å². The molecular formula is C10H18O6Ti. The molecule has 0 aliphatic rings. The van der Waals surface area contributed by atoms with Gasteiger partial charge < -0.3 is 0 Å². The van der Waals surface area contributed by atoms with Crippen LogP contribution in [-0.4, -0.2) is 47.6 Å². The minimum absolute atomic E-state index is 0.224. The first-order chi connectivity index (χ1) is 8.02. The number of rotatable bonds is 8. The molecule has 0 aromatic heterocycles. The van der Waals surface area contributed by atoms with Gasteiger partial charge in [-0.1, -0.05) is 0 Å². The van der Waals surface area contributed by atoms with E-state index in [1.54, 1.807) is 13.8 Å². The fourth-order valence-corrected chi connectivity index (χ4v) is 2.64. The zero-order valence-electron chi connectivity index (χ0n) is 10.0. The molecule has 0 amide bonds. The molecule has 17 heavy (non-hydrogen) atoms. The molecule has 0 heterocycles. The molecule has 0 aliphatic carbocycles. The fraction of sp³-hybridized carbons (Fsp3) is 0.800. The Labute approximate surface area is 109 Å². The molecule has 0 bridgehead atoms. The summed E-state index contributed by atoms with van der Waals surface area (Å²) in [6.07, 6.45) is -2.30. The van der Waals surface area contributed by atoms with E-state index in [0.29, 0.717) is 0 Å². The Balaban J connectivity index is 3.75. The molecule has 2 atom stereocenters. The van der Waals surface area contributed by atoms with E-state index in [0.717, 1.165) is 0 Å². The average molecular weight is 282 g/mol. The normalized spacial score (nSPS) is 13.6. The van der Waals surface area contributed by atoms with Gasteiger partial charge in [0.1, 0.15) is 0 Å². The zero-order chi connectivity index (χ0) is 13.3. The molecule has 0 aliphatic heterocycles. The van der Waals surface area contributed by atoms with Crippen LogP contribution < -0.4 is 0 Å². The topological polar surface area (TPSA) is 93.1 Å². The Morgan fingerprint density at radius 1 is 1.00 bits per heavy atom. The Bertz CT molecular complexity index is 221. The van der Waals surface area contributed by atoms with Crippen LogP contribution in [0.1, 0.15) is 13.8 Å². The van der Waals surface area contributed by atoms with Crippen molar-refractivity contribution in [1.29, 1.82) is 0 Å². The number of esters is 2. The summed E-state index contributed by atoms with van der Waals surface area (Å²) in [5.41, 5.74) is 0. The number of hydrogen-bond acceptors (Lipinski definition) is 6. The van der Waals surface area contributed by atoms with Crippen LogP contribution in [0.5, 0.6) is 0 Å². The molecule has 0 aromatic rings. The fourth-order valence-electron chi connectivity index (χ4n) is 1.00. The minimum atomic E-state index is -1.15. The van der Waals surface area contributed by atoms with E-state index in [2.05, 4.69) is 9.47 Å². The van der Waals surface area contributed by atoms with Gasteiger partial charge in [-0.15, -0.1) is 0 Å². The Morgan fingerprint density at radius 2 is 1.35 bits per heavy atom. The second-order valence-electron chi connectivity index (χ2n) is 3.19. The van der Waals surface area contributed by atoms with Gasteiger partial charge >= 0.3 is 109 Å². The predicted molar refractivity (Wildman–Crippen MR) is 54.9 cm³/mol. The number of hydrogen-bond donors (Lipinski definition) is 2. The monoisotopic (exact) mass is 282 g/mol. The van der Waals surface area contributed by atoms with Crippen LogP contribution in [0.25, 0.3) is 0 Å². The molecule has 0 saturated carbocycles. The van der Waals surface area contributed by atoms with E-state index >= 15 is 0 Å². The van der Waals surface area contributed by atoms with Gasteiger partial charge in [-0.05, 0) is 0 Å². The van der Waals surface area contributed by atoms with Gasteiger partial charge in [-0.2, -0.15) is 0 Å². The Hall–Kier alpha value is -0.426. The zero-order valence-corrected chi connectivity index (χ0v) is 11.6. The Morgan fingerprint density at radius 3 is 1.65 bits per heavy atom. The summed E-state index contributed by atoms with van der Waals surface area (Å²) in [5, 5.41) is 18.7. The number of ether oxygens (including phenoxy) is 2. The molecule has 98 valence electrons. The molecule has 0 radical (unpaired) electrons. The second-order valence-corrected chi connectivity index (χ2v) is 5.25. The van der Waals surface area contributed by atoms with Crippen molar-refractivity contribution in [3.63, 3.8) is 0 Å². The van der Waals surface area contributed by atoms with E-state index in [4.69, 9.17) is 0 Å². The van der Waals surface area contributed by atoms with Crippen molar-refractivity contribution in [1.82, 2.24) is 0 Å². The van der Waals surface area contributed by atoms with Gasteiger partial charge in [0.2, 0.25) is 0 Å². The average Bonchev–Trinajstić information content (AvgIpc) is 2.29. The van der Waals surface area contributed by atoms with Crippen LogP contribution in [0, 0.1) is 0 Å². The summed E-state index contributed by atoms with van der Waals surface area (Å²) in [5.74, 6) is -1.30. The van der Waals surface area contributed by atoms with E-state index in [1.165, 1.54) is 0 Å². The van der Waals surface area contributed by atoms with Crippen molar-refractivity contribution in [3.8, 4) is 0 Å². The van der Waals surface area contributed by atoms with Gasteiger partial charge in [-0.3, -0.25) is 0 Å². The third-order valence-corrected chi connectivity index (χ3v) is 3.90. The van der Waals surface area contributed by atoms with Crippen LogP contribution in [0.3, 0.4) is 0 Å². The van der Waals surface area contributed by atoms with E-state index in [-0.39, 0.29) is 22.7 Å². The molecule has 6 nitrogen and oxygen atoms in total. The van der Waals surface area contributed by atoms with Gasteiger partial charge in [-0.25, -0.2) is 0 Å². The third kappa shape index (κ3) is 7.49. The molecule has 2 unspecified atom stereocenters. The molecule has 7 heteroatoms. The van der Waals surface area contributed by atoms with Crippen molar-refractivity contribution in [2.24, 2.45) is 0 Å². The number of carbonyl (C=O) groups is 2. The summed E-state index contributed by atoms with van der Waals surface area (Å²) >= 11 is -0.781. The molecule has 0 fully saturated rings. The van der Waals surface area contributed by atoms with Gasteiger partial charge in [0.05, 0.1) is 0 Å². The number of aliphatic hydroxyl groups excluding tert-OH is 2. The van der Waals surface area contributed by atoms with Crippen molar-refractivity contribution >= 4 is 11.9 Å². The van der Waals surface area contributed by atoms with Crippen molar-refractivity contribution in [2.45, 2.75) is 35.5 Å². The number of carbonyl (C=O) groups excluding carboxylic acids is 2. The van der Waals surface area contributed by atoms with Crippen LogP contribution in [0.4, 0.5) is 0 Å². The molecular weight excluding hydrogens is 264 g/mol. The summed E-state index contributed by atoms with van der Waals surface area (Å²) < 4.78 is 9.79. The first-order valence-electron chi connectivity index (χ1n) is 5.43. The van der Waals surface area contributed by atoms with Gasteiger partial charge in [0, 0.05) is 0 Å². The number of aliphatic hydroxyl groups is 2.